The molecule has 5 nitrogen and oxygen atoms in total. The fraction of sp³-hybridized carbons (Fsp3) is 0.429. The highest BCUT2D eigenvalue weighted by molar-refractivity contribution is 5.70. The van der Waals surface area contributed by atoms with Crippen LogP contribution in [0.15, 0.2) is 24.4 Å². The number of halogens is 2. The molecular weight excluding hydrogens is 368 g/mol. The maximum Gasteiger partial charge on any atom is 0.303 e. The molecule has 150 valence electrons. The molecule has 1 aliphatic rings. The van der Waals surface area contributed by atoms with Crippen LogP contribution in [0.3, 0.4) is 0 Å². The molecule has 1 heterocycles. The molecule has 28 heavy (non-hydrogen) atoms. The van der Waals surface area contributed by atoms with Gasteiger partial charge in [0.05, 0.1) is 6.61 Å². The number of hydrogen-bond donors (Lipinski definition) is 1. The third kappa shape index (κ3) is 4.97. The molecule has 3 rings (SSSR count). The molecule has 1 aromatic heterocycles. The van der Waals surface area contributed by atoms with E-state index in [0.717, 1.165) is 31.2 Å². The Balaban J connectivity index is 1.83. The van der Waals surface area contributed by atoms with Gasteiger partial charge in [-0.25, -0.2) is 13.8 Å². The zero-order valence-electron chi connectivity index (χ0n) is 15.7. The lowest BCUT2D eigenvalue weighted by molar-refractivity contribution is -0.137. The number of carboxylic acids is 1. The van der Waals surface area contributed by atoms with Crippen LogP contribution in [0.2, 0.25) is 0 Å². The number of nitrogens with zero attached hydrogens (tertiary/aromatic N) is 1. The van der Waals surface area contributed by atoms with E-state index in [-0.39, 0.29) is 25.6 Å². The van der Waals surface area contributed by atoms with Crippen LogP contribution in [-0.4, -0.2) is 28.8 Å². The first kappa shape index (κ1) is 20.0. The number of rotatable bonds is 8. The molecule has 0 unspecified atom stereocenters. The molecule has 1 saturated carbocycles. The van der Waals surface area contributed by atoms with Crippen molar-refractivity contribution in [3.63, 3.8) is 0 Å². The van der Waals surface area contributed by atoms with Gasteiger partial charge in [-0.15, -0.1) is 0 Å². The minimum absolute atomic E-state index is 0.0699. The van der Waals surface area contributed by atoms with E-state index in [2.05, 4.69) is 4.98 Å². The molecule has 1 N–H and O–H groups in total. The van der Waals surface area contributed by atoms with Gasteiger partial charge in [0.1, 0.15) is 6.10 Å². The van der Waals surface area contributed by atoms with Gasteiger partial charge in [0.25, 0.3) is 0 Å². The van der Waals surface area contributed by atoms with Gasteiger partial charge in [-0.1, -0.05) is 0 Å². The van der Waals surface area contributed by atoms with Crippen molar-refractivity contribution >= 4 is 5.97 Å². The number of pyridine rings is 1. The maximum atomic E-state index is 14.5. The van der Waals surface area contributed by atoms with Gasteiger partial charge in [0, 0.05) is 18.2 Å². The van der Waals surface area contributed by atoms with E-state index in [4.69, 9.17) is 14.6 Å². The van der Waals surface area contributed by atoms with Crippen molar-refractivity contribution in [1.29, 1.82) is 0 Å². The second kappa shape index (κ2) is 8.99. The lowest BCUT2D eigenvalue weighted by Crippen LogP contribution is -2.12. The van der Waals surface area contributed by atoms with E-state index in [9.17, 15) is 13.6 Å². The Labute approximate surface area is 162 Å². The maximum absolute atomic E-state index is 14.5. The molecule has 0 radical (unpaired) electrons. The highest BCUT2D eigenvalue weighted by atomic mass is 19.1. The third-order valence-corrected chi connectivity index (χ3v) is 4.66. The van der Waals surface area contributed by atoms with Gasteiger partial charge >= 0.3 is 5.97 Å². The number of hydrogen-bond acceptors (Lipinski definition) is 4. The number of ether oxygens (including phenoxy) is 2. The standard InChI is InChI=1S/C21H23F2NO4/c1-13-9-16(21(24-12-13)28-15-5-2-3-6-15)14-10-17(22)20(18(23)11-14)27-8-4-7-19(25)26/h9-12,15H,2-8H2,1H3,(H,25,26). The van der Waals surface area contributed by atoms with Crippen molar-refractivity contribution in [1.82, 2.24) is 4.98 Å². The number of carbonyl (C=O) groups is 1. The first-order valence-corrected chi connectivity index (χ1v) is 9.41. The first-order valence-electron chi connectivity index (χ1n) is 9.41. The SMILES string of the molecule is Cc1cnc(OC2CCCC2)c(-c2cc(F)c(OCCCC(=O)O)c(F)c2)c1. The molecule has 2 aromatic rings. The van der Waals surface area contributed by atoms with Crippen molar-refractivity contribution in [2.75, 3.05) is 6.61 Å². The highest BCUT2D eigenvalue weighted by Crippen LogP contribution is 2.35. The Morgan fingerprint density at radius 1 is 1.21 bits per heavy atom. The van der Waals surface area contributed by atoms with E-state index < -0.39 is 23.4 Å². The van der Waals surface area contributed by atoms with E-state index in [0.29, 0.717) is 17.0 Å². The number of carboxylic acid groups (broad SMARTS) is 1. The van der Waals surface area contributed by atoms with Crippen molar-refractivity contribution in [3.8, 4) is 22.8 Å². The quantitative estimate of drug-likeness (QED) is 0.648. The lowest BCUT2D eigenvalue weighted by Gasteiger charge is -2.17. The molecule has 1 aromatic carbocycles. The molecule has 0 spiro atoms. The van der Waals surface area contributed by atoms with Crippen molar-refractivity contribution in [2.45, 2.75) is 51.6 Å². The van der Waals surface area contributed by atoms with E-state index in [1.54, 1.807) is 12.3 Å². The molecule has 0 atom stereocenters. The third-order valence-electron chi connectivity index (χ3n) is 4.66. The summed E-state index contributed by atoms with van der Waals surface area (Å²) in [6.07, 6.45) is 5.87. The predicted molar refractivity (Wildman–Crippen MR) is 99.6 cm³/mol. The highest BCUT2D eigenvalue weighted by Gasteiger charge is 2.21. The Morgan fingerprint density at radius 2 is 1.89 bits per heavy atom. The van der Waals surface area contributed by atoms with Crippen LogP contribution in [0.25, 0.3) is 11.1 Å². The van der Waals surface area contributed by atoms with Gasteiger partial charge in [0.2, 0.25) is 5.88 Å². The molecule has 0 saturated heterocycles. The van der Waals surface area contributed by atoms with Gasteiger partial charge in [-0.3, -0.25) is 4.79 Å². The summed E-state index contributed by atoms with van der Waals surface area (Å²) >= 11 is 0. The predicted octanol–water partition coefficient (Wildman–Crippen LogP) is 4.90. The second-order valence-electron chi connectivity index (χ2n) is 7.00. The van der Waals surface area contributed by atoms with Crippen LogP contribution in [0.5, 0.6) is 11.6 Å². The summed E-state index contributed by atoms with van der Waals surface area (Å²) in [7, 11) is 0. The first-order chi connectivity index (χ1) is 13.4. The second-order valence-corrected chi connectivity index (χ2v) is 7.00. The summed E-state index contributed by atoms with van der Waals surface area (Å²) in [4.78, 5) is 14.8. The summed E-state index contributed by atoms with van der Waals surface area (Å²) in [5.74, 6) is -2.82. The monoisotopic (exact) mass is 391 g/mol. The normalized spacial score (nSPS) is 14.2. The number of aromatic nitrogens is 1. The number of benzene rings is 1. The van der Waals surface area contributed by atoms with Crippen molar-refractivity contribution in [2.24, 2.45) is 0 Å². The fourth-order valence-corrected chi connectivity index (χ4v) is 3.27. The van der Waals surface area contributed by atoms with Crippen LogP contribution < -0.4 is 9.47 Å². The summed E-state index contributed by atoms with van der Waals surface area (Å²) in [5, 5.41) is 8.61. The van der Waals surface area contributed by atoms with Crippen molar-refractivity contribution < 1.29 is 28.2 Å². The van der Waals surface area contributed by atoms with Crippen molar-refractivity contribution in [3.05, 3.63) is 41.6 Å². The minimum Gasteiger partial charge on any atom is -0.488 e. The van der Waals surface area contributed by atoms with Crippen LogP contribution in [0, 0.1) is 18.6 Å². The minimum atomic E-state index is -0.985. The van der Waals surface area contributed by atoms with Crippen LogP contribution in [-0.2, 0) is 4.79 Å². The summed E-state index contributed by atoms with van der Waals surface area (Å²) in [5.41, 5.74) is 1.70. The van der Waals surface area contributed by atoms with Gasteiger partial charge in [-0.05, 0) is 68.4 Å². The molecule has 1 fully saturated rings. The average Bonchev–Trinajstić information content (AvgIpc) is 3.14. The van der Waals surface area contributed by atoms with Crippen LogP contribution in [0.4, 0.5) is 8.78 Å². The smallest absolute Gasteiger partial charge is 0.303 e. The average molecular weight is 391 g/mol. The van der Waals surface area contributed by atoms with Crippen LogP contribution in [0.1, 0.15) is 44.1 Å². The van der Waals surface area contributed by atoms with Gasteiger partial charge in [0.15, 0.2) is 17.4 Å². The zero-order valence-corrected chi connectivity index (χ0v) is 15.7. The molecule has 0 amide bonds. The molecular formula is C21H23F2NO4. The fourth-order valence-electron chi connectivity index (χ4n) is 3.27. The van der Waals surface area contributed by atoms with Crippen LogP contribution >= 0.6 is 0 Å². The summed E-state index contributed by atoms with van der Waals surface area (Å²) in [6, 6.07) is 4.17. The summed E-state index contributed by atoms with van der Waals surface area (Å²) in [6.45, 7) is 1.77. The number of aryl methyl sites for hydroxylation is 1. The summed E-state index contributed by atoms with van der Waals surface area (Å²) < 4.78 is 40.0. The van der Waals surface area contributed by atoms with E-state index >= 15 is 0 Å². The molecule has 7 heteroatoms. The van der Waals surface area contributed by atoms with E-state index in [1.807, 2.05) is 6.92 Å². The lowest BCUT2D eigenvalue weighted by atomic mass is 10.0. The van der Waals surface area contributed by atoms with E-state index in [1.165, 1.54) is 12.1 Å². The van der Waals surface area contributed by atoms with Gasteiger partial charge < -0.3 is 14.6 Å². The van der Waals surface area contributed by atoms with Gasteiger partial charge in [-0.2, -0.15) is 0 Å². The largest absolute Gasteiger partial charge is 0.488 e. The Hall–Kier alpha value is -2.70. The molecule has 0 aliphatic heterocycles. The Kier molecular flexibility index (Phi) is 6.44. The molecule has 0 bridgehead atoms. The Morgan fingerprint density at radius 3 is 2.54 bits per heavy atom. The number of aliphatic carboxylic acids is 1. The topological polar surface area (TPSA) is 68.7 Å². The zero-order chi connectivity index (χ0) is 20.1. The molecule has 1 aliphatic carbocycles. The Bertz CT molecular complexity index is 827.